The molecule has 0 bridgehead atoms. The van der Waals surface area contributed by atoms with Gasteiger partial charge in [0.2, 0.25) is 0 Å². The molecule has 2 aromatic heterocycles. The topological polar surface area (TPSA) is 43.1 Å². The molecule has 0 atom stereocenters. The lowest BCUT2D eigenvalue weighted by atomic mass is 10.2. The van der Waals surface area contributed by atoms with Crippen molar-refractivity contribution in [3.8, 4) is 0 Å². The summed E-state index contributed by atoms with van der Waals surface area (Å²) >= 11 is 5.95. The number of aliphatic imine (C=N–C) groups is 1. The van der Waals surface area contributed by atoms with E-state index in [2.05, 4.69) is 15.0 Å². The summed E-state index contributed by atoms with van der Waals surface area (Å²) in [6.07, 6.45) is 0.898. The van der Waals surface area contributed by atoms with Crippen LogP contribution in [0, 0.1) is 0 Å². The number of aromatic nitrogens is 3. The minimum atomic E-state index is -4.49. The average molecular weight is 317 g/mol. The van der Waals surface area contributed by atoms with Gasteiger partial charge < -0.3 is 0 Å². The summed E-state index contributed by atoms with van der Waals surface area (Å²) in [6.45, 7) is 3.68. The number of halogens is 4. The zero-order chi connectivity index (χ0) is 15.6. The van der Waals surface area contributed by atoms with Gasteiger partial charge in [-0.2, -0.15) is 13.2 Å². The minimum Gasteiger partial charge on any atom is -0.289 e. The fraction of sp³-hybridized carbons (Fsp3) is 0.308. The third-order valence-electron chi connectivity index (χ3n) is 2.51. The van der Waals surface area contributed by atoms with Gasteiger partial charge in [-0.3, -0.25) is 14.5 Å². The number of alkyl halides is 3. The Kier molecular flexibility index (Phi) is 4.32. The van der Waals surface area contributed by atoms with Crippen LogP contribution in [0.3, 0.4) is 0 Å². The Hall–Kier alpha value is -1.89. The SMILES string of the molecule is CC(C)N=C(c1ncc(C(F)(F)F)cc1Cl)n1ccnc1. The third-order valence-corrected chi connectivity index (χ3v) is 2.80. The second kappa shape index (κ2) is 5.85. The minimum absolute atomic E-state index is 0.0810. The molecule has 0 unspecified atom stereocenters. The number of pyridine rings is 1. The van der Waals surface area contributed by atoms with Crippen LogP contribution in [0.15, 0.2) is 36.0 Å². The van der Waals surface area contributed by atoms with Crippen molar-refractivity contribution in [1.82, 2.24) is 14.5 Å². The van der Waals surface area contributed by atoms with Gasteiger partial charge in [0.05, 0.1) is 10.6 Å². The van der Waals surface area contributed by atoms with E-state index in [-0.39, 0.29) is 16.8 Å². The molecular weight excluding hydrogens is 305 g/mol. The number of nitrogens with zero attached hydrogens (tertiary/aromatic N) is 4. The molecule has 2 rings (SSSR count). The van der Waals surface area contributed by atoms with Crippen LogP contribution in [-0.4, -0.2) is 26.4 Å². The average Bonchev–Trinajstić information content (AvgIpc) is 2.88. The molecule has 0 aliphatic heterocycles. The van der Waals surface area contributed by atoms with Crippen LogP contribution in [-0.2, 0) is 6.18 Å². The number of imidazole rings is 1. The standard InChI is InChI=1S/C13H12ClF3N4/c1-8(2)20-12(21-4-3-18-7-21)11-10(14)5-9(6-19-11)13(15,16)17/h3-8H,1-2H3. The highest BCUT2D eigenvalue weighted by molar-refractivity contribution is 6.33. The largest absolute Gasteiger partial charge is 0.417 e. The van der Waals surface area contributed by atoms with Gasteiger partial charge in [0.25, 0.3) is 0 Å². The van der Waals surface area contributed by atoms with E-state index in [0.717, 1.165) is 12.3 Å². The number of rotatable bonds is 2. The summed E-state index contributed by atoms with van der Waals surface area (Å²) in [6, 6.07) is 0.763. The van der Waals surface area contributed by atoms with Crippen molar-refractivity contribution in [2.75, 3.05) is 0 Å². The van der Waals surface area contributed by atoms with Crippen LogP contribution in [0.5, 0.6) is 0 Å². The fourth-order valence-electron chi connectivity index (χ4n) is 1.64. The van der Waals surface area contributed by atoms with Gasteiger partial charge in [0, 0.05) is 24.6 Å². The quantitative estimate of drug-likeness (QED) is 0.627. The molecule has 0 N–H and O–H groups in total. The molecule has 8 heteroatoms. The molecule has 0 aromatic carbocycles. The van der Waals surface area contributed by atoms with Crippen molar-refractivity contribution < 1.29 is 13.2 Å². The van der Waals surface area contributed by atoms with Crippen LogP contribution >= 0.6 is 11.6 Å². The lowest BCUT2D eigenvalue weighted by Gasteiger charge is -2.12. The Morgan fingerprint density at radius 2 is 2.10 bits per heavy atom. The van der Waals surface area contributed by atoms with Crippen molar-refractivity contribution in [2.24, 2.45) is 4.99 Å². The highest BCUT2D eigenvalue weighted by Crippen LogP contribution is 2.31. The van der Waals surface area contributed by atoms with E-state index < -0.39 is 11.7 Å². The zero-order valence-corrected chi connectivity index (χ0v) is 12.0. The Balaban J connectivity index is 2.52. The normalized spacial score (nSPS) is 13.0. The first kappa shape index (κ1) is 15.5. The highest BCUT2D eigenvalue weighted by atomic mass is 35.5. The fourth-order valence-corrected chi connectivity index (χ4v) is 1.89. The lowest BCUT2D eigenvalue weighted by molar-refractivity contribution is -0.137. The second-order valence-corrected chi connectivity index (χ2v) is 4.98. The zero-order valence-electron chi connectivity index (χ0n) is 11.3. The summed E-state index contributed by atoms with van der Waals surface area (Å²) < 4.78 is 39.5. The Morgan fingerprint density at radius 3 is 2.57 bits per heavy atom. The predicted molar refractivity (Wildman–Crippen MR) is 73.5 cm³/mol. The third kappa shape index (κ3) is 3.60. The summed E-state index contributed by atoms with van der Waals surface area (Å²) in [5.74, 6) is 0.348. The van der Waals surface area contributed by atoms with Crippen LogP contribution < -0.4 is 0 Å². The maximum absolute atomic E-state index is 12.6. The van der Waals surface area contributed by atoms with Crippen molar-refractivity contribution in [2.45, 2.75) is 26.1 Å². The molecule has 0 fully saturated rings. The van der Waals surface area contributed by atoms with Crippen molar-refractivity contribution >= 4 is 17.4 Å². The first-order valence-electron chi connectivity index (χ1n) is 6.08. The summed E-state index contributed by atoms with van der Waals surface area (Å²) in [5, 5.41) is -0.113. The Labute approximate surface area is 124 Å². The van der Waals surface area contributed by atoms with Crippen LogP contribution in [0.4, 0.5) is 13.2 Å². The summed E-state index contributed by atoms with van der Waals surface area (Å²) in [4.78, 5) is 12.1. The second-order valence-electron chi connectivity index (χ2n) is 4.57. The first-order chi connectivity index (χ1) is 9.79. The molecule has 21 heavy (non-hydrogen) atoms. The Bertz CT molecular complexity index is 648. The smallest absolute Gasteiger partial charge is 0.289 e. The molecule has 0 aliphatic rings. The molecule has 4 nitrogen and oxygen atoms in total. The van der Waals surface area contributed by atoms with E-state index in [0.29, 0.717) is 5.84 Å². The highest BCUT2D eigenvalue weighted by Gasteiger charge is 2.32. The maximum Gasteiger partial charge on any atom is 0.417 e. The van der Waals surface area contributed by atoms with Gasteiger partial charge in [0.15, 0.2) is 5.84 Å². The molecule has 0 saturated heterocycles. The van der Waals surface area contributed by atoms with Gasteiger partial charge in [-0.25, -0.2) is 4.98 Å². The summed E-state index contributed by atoms with van der Waals surface area (Å²) in [5.41, 5.74) is -0.720. The van der Waals surface area contributed by atoms with E-state index in [9.17, 15) is 13.2 Å². The van der Waals surface area contributed by atoms with Crippen LogP contribution in [0.2, 0.25) is 5.02 Å². The van der Waals surface area contributed by atoms with Gasteiger partial charge in [-0.05, 0) is 19.9 Å². The molecular formula is C13H12ClF3N4. The molecule has 0 amide bonds. The predicted octanol–water partition coefficient (Wildman–Crippen LogP) is 3.65. The molecule has 0 radical (unpaired) electrons. The molecule has 0 aliphatic carbocycles. The van der Waals surface area contributed by atoms with Crippen LogP contribution in [0.25, 0.3) is 0 Å². The first-order valence-corrected chi connectivity index (χ1v) is 6.46. The Morgan fingerprint density at radius 1 is 1.38 bits per heavy atom. The monoisotopic (exact) mass is 316 g/mol. The van der Waals surface area contributed by atoms with Gasteiger partial charge in [0.1, 0.15) is 12.0 Å². The van der Waals surface area contributed by atoms with Gasteiger partial charge in [-0.1, -0.05) is 11.6 Å². The van der Waals surface area contributed by atoms with Crippen molar-refractivity contribution in [1.29, 1.82) is 0 Å². The van der Waals surface area contributed by atoms with Crippen LogP contribution in [0.1, 0.15) is 25.1 Å². The molecule has 112 valence electrons. The molecule has 2 aromatic rings. The van der Waals surface area contributed by atoms with E-state index >= 15 is 0 Å². The van der Waals surface area contributed by atoms with E-state index in [4.69, 9.17) is 11.6 Å². The lowest BCUT2D eigenvalue weighted by Crippen LogP contribution is -2.17. The number of hydrogen-bond acceptors (Lipinski definition) is 3. The van der Waals surface area contributed by atoms with Gasteiger partial charge >= 0.3 is 6.18 Å². The van der Waals surface area contributed by atoms with Gasteiger partial charge in [-0.15, -0.1) is 0 Å². The van der Waals surface area contributed by atoms with E-state index in [1.165, 1.54) is 12.5 Å². The summed E-state index contributed by atoms with van der Waals surface area (Å²) in [7, 11) is 0. The van der Waals surface area contributed by atoms with Crippen molar-refractivity contribution in [3.63, 3.8) is 0 Å². The number of hydrogen-bond donors (Lipinski definition) is 0. The van der Waals surface area contributed by atoms with E-state index in [1.54, 1.807) is 10.8 Å². The molecule has 2 heterocycles. The molecule has 0 spiro atoms. The van der Waals surface area contributed by atoms with E-state index in [1.807, 2.05) is 13.8 Å². The maximum atomic E-state index is 12.6. The molecule has 0 saturated carbocycles. The van der Waals surface area contributed by atoms with Crippen molar-refractivity contribution in [3.05, 3.63) is 47.3 Å².